The van der Waals surface area contributed by atoms with Gasteiger partial charge in [0.15, 0.2) is 4.80 Å². The van der Waals surface area contributed by atoms with Gasteiger partial charge in [0, 0.05) is 34.8 Å². The molecule has 1 aliphatic heterocycles. The number of esters is 2. The van der Waals surface area contributed by atoms with Crippen LogP contribution in [0.4, 0.5) is 0 Å². The monoisotopic (exact) mass is 711 g/mol. The number of aromatic nitrogens is 2. The molecule has 0 amide bonds. The highest BCUT2D eigenvalue weighted by molar-refractivity contribution is 7.07. The third-order valence-corrected chi connectivity index (χ3v) is 9.79. The van der Waals surface area contributed by atoms with Crippen molar-refractivity contribution in [2.45, 2.75) is 33.4 Å². The van der Waals surface area contributed by atoms with Crippen LogP contribution < -0.4 is 19.6 Å². The zero-order valence-corrected chi connectivity index (χ0v) is 29.9. The molecule has 0 aliphatic carbocycles. The van der Waals surface area contributed by atoms with Crippen LogP contribution in [0.1, 0.15) is 59.4 Å². The molecule has 0 radical (unpaired) electrons. The van der Waals surface area contributed by atoms with E-state index in [0.717, 1.165) is 33.2 Å². The van der Waals surface area contributed by atoms with Crippen LogP contribution in [-0.4, -0.2) is 40.9 Å². The minimum absolute atomic E-state index is 0.171. The van der Waals surface area contributed by atoms with Crippen LogP contribution in [0.15, 0.2) is 125 Å². The molecule has 10 heteroatoms. The molecule has 52 heavy (non-hydrogen) atoms. The van der Waals surface area contributed by atoms with E-state index in [2.05, 4.69) is 4.57 Å². The predicted octanol–water partition coefficient (Wildman–Crippen LogP) is 6.51. The van der Waals surface area contributed by atoms with Crippen molar-refractivity contribution in [3.05, 3.63) is 162 Å². The number of para-hydroxylation sites is 1. The van der Waals surface area contributed by atoms with Crippen LogP contribution in [-0.2, 0) is 20.8 Å². The quantitative estimate of drug-likeness (QED) is 0.142. The van der Waals surface area contributed by atoms with Crippen molar-refractivity contribution >= 4 is 46.0 Å². The molecule has 3 heterocycles. The molecular formula is C42H37N3O6S. The van der Waals surface area contributed by atoms with Crippen LogP contribution in [0.3, 0.4) is 0 Å². The Morgan fingerprint density at radius 3 is 2.21 bits per heavy atom. The van der Waals surface area contributed by atoms with Crippen LogP contribution in [0.25, 0.3) is 22.7 Å². The fourth-order valence-electron chi connectivity index (χ4n) is 6.49. The number of fused-ring (bicyclic) bond motifs is 2. The van der Waals surface area contributed by atoms with Gasteiger partial charge in [-0.2, -0.15) is 0 Å². The number of ether oxygens (including phenoxy) is 3. The molecule has 2 aromatic heterocycles. The van der Waals surface area contributed by atoms with Gasteiger partial charge in [-0.25, -0.2) is 14.6 Å². The zero-order valence-electron chi connectivity index (χ0n) is 29.1. The van der Waals surface area contributed by atoms with E-state index >= 15 is 0 Å². The predicted molar refractivity (Wildman–Crippen MR) is 202 cm³/mol. The van der Waals surface area contributed by atoms with Gasteiger partial charge in [-0.05, 0) is 68.3 Å². The molecule has 6 aromatic rings. The fourth-order valence-corrected chi connectivity index (χ4v) is 7.48. The summed E-state index contributed by atoms with van der Waals surface area (Å²) in [6.07, 6.45) is 3.93. The van der Waals surface area contributed by atoms with Crippen molar-refractivity contribution in [3.63, 3.8) is 0 Å². The Labute approximate surface area is 304 Å². The van der Waals surface area contributed by atoms with E-state index in [-0.39, 0.29) is 18.1 Å². The molecule has 0 saturated heterocycles. The van der Waals surface area contributed by atoms with Gasteiger partial charge in [-0.3, -0.25) is 9.36 Å². The maximum absolute atomic E-state index is 14.5. The largest absolute Gasteiger partial charge is 0.494 e. The summed E-state index contributed by atoms with van der Waals surface area (Å²) in [5.41, 5.74) is 5.36. The molecule has 0 unspecified atom stereocenters. The number of nitrogens with zero attached hydrogens (tertiary/aromatic N) is 3. The molecule has 4 aromatic carbocycles. The lowest BCUT2D eigenvalue weighted by Crippen LogP contribution is -2.40. The molecule has 9 nitrogen and oxygen atoms in total. The van der Waals surface area contributed by atoms with Gasteiger partial charge < -0.3 is 18.8 Å². The number of carbonyl (C=O) groups is 2. The number of benzene rings is 4. The minimum Gasteiger partial charge on any atom is -0.494 e. The second-order valence-corrected chi connectivity index (χ2v) is 13.1. The molecule has 0 spiro atoms. The van der Waals surface area contributed by atoms with Crippen LogP contribution in [0.5, 0.6) is 5.75 Å². The van der Waals surface area contributed by atoms with Gasteiger partial charge >= 0.3 is 11.9 Å². The van der Waals surface area contributed by atoms with Gasteiger partial charge in [-0.1, -0.05) is 84.1 Å². The topological polar surface area (TPSA) is 101 Å². The first-order valence-corrected chi connectivity index (χ1v) is 18.1. The smallest absolute Gasteiger partial charge is 0.338 e. The Hall–Kier alpha value is -6.00. The average molecular weight is 712 g/mol. The summed E-state index contributed by atoms with van der Waals surface area (Å²) in [4.78, 5) is 46.0. The van der Waals surface area contributed by atoms with E-state index in [0.29, 0.717) is 51.7 Å². The molecule has 0 bridgehead atoms. The Morgan fingerprint density at radius 1 is 0.808 bits per heavy atom. The first kappa shape index (κ1) is 34.4. The lowest BCUT2D eigenvalue weighted by molar-refractivity contribution is -0.138. The van der Waals surface area contributed by atoms with E-state index in [1.165, 1.54) is 11.3 Å². The number of rotatable bonds is 11. The zero-order chi connectivity index (χ0) is 36.2. The normalized spacial score (nSPS) is 14.2. The van der Waals surface area contributed by atoms with E-state index in [9.17, 15) is 14.4 Å². The minimum atomic E-state index is -0.790. The summed E-state index contributed by atoms with van der Waals surface area (Å²) in [6.45, 7) is 7.02. The molecule has 1 atom stereocenters. The third kappa shape index (κ3) is 6.72. The highest BCUT2D eigenvalue weighted by Crippen LogP contribution is 2.36. The summed E-state index contributed by atoms with van der Waals surface area (Å²) in [5.74, 6) is -0.189. The van der Waals surface area contributed by atoms with Crippen molar-refractivity contribution < 1.29 is 23.8 Å². The summed E-state index contributed by atoms with van der Waals surface area (Å²) >= 11 is 1.29. The van der Waals surface area contributed by atoms with Gasteiger partial charge in [0.2, 0.25) is 0 Å². The van der Waals surface area contributed by atoms with Crippen molar-refractivity contribution in [2.24, 2.45) is 4.99 Å². The maximum Gasteiger partial charge on any atom is 0.338 e. The highest BCUT2D eigenvalue weighted by Gasteiger charge is 2.35. The molecular weight excluding hydrogens is 675 g/mol. The lowest BCUT2D eigenvalue weighted by atomic mass is 9.93. The van der Waals surface area contributed by atoms with E-state index in [4.69, 9.17) is 19.2 Å². The van der Waals surface area contributed by atoms with Crippen molar-refractivity contribution in [1.29, 1.82) is 0 Å². The van der Waals surface area contributed by atoms with Crippen molar-refractivity contribution in [3.8, 4) is 5.75 Å². The standard InChI is InChI=1S/C42H37N3O6S/c1-4-49-32-22-20-29(21-23-32)38-36(41(48)51-6-3)37(28-12-8-7-9-13-28)43-42-45(38)39(46)35(52-42)24-31-26-44(34-15-11-10-14-33(31)34)25-27-16-18-30(19-17-27)40(47)50-5-2/h7-24,26,38H,4-6,25H2,1-3H3/b35-24-/t38-/m1/s1. The molecule has 0 fully saturated rings. The van der Waals surface area contributed by atoms with Crippen LogP contribution in [0, 0.1) is 0 Å². The first-order valence-electron chi connectivity index (χ1n) is 17.2. The third-order valence-electron chi connectivity index (χ3n) is 8.80. The van der Waals surface area contributed by atoms with Crippen molar-refractivity contribution in [1.82, 2.24) is 9.13 Å². The van der Waals surface area contributed by atoms with E-state index < -0.39 is 12.0 Å². The van der Waals surface area contributed by atoms with Gasteiger partial charge in [-0.15, -0.1) is 0 Å². The average Bonchev–Trinajstić information content (AvgIpc) is 3.67. The number of hydrogen-bond acceptors (Lipinski definition) is 8. The molecule has 1 aliphatic rings. The molecule has 0 saturated carbocycles. The van der Waals surface area contributed by atoms with Crippen LogP contribution >= 0.6 is 11.3 Å². The number of hydrogen-bond donors (Lipinski definition) is 0. The first-order chi connectivity index (χ1) is 25.4. The summed E-state index contributed by atoms with van der Waals surface area (Å²) in [7, 11) is 0. The Bertz CT molecular complexity index is 2480. The maximum atomic E-state index is 14.5. The highest BCUT2D eigenvalue weighted by atomic mass is 32.1. The van der Waals surface area contributed by atoms with Gasteiger partial charge in [0.1, 0.15) is 5.75 Å². The van der Waals surface area contributed by atoms with Gasteiger partial charge in [0.25, 0.3) is 5.56 Å². The molecule has 0 N–H and O–H groups in total. The summed E-state index contributed by atoms with van der Waals surface area (Å²) in [5, 5.41) is 0.983. The number of carbonyl (C=O) groups excluding carboxylic acids is 2. The van der Waals surface area contributed by atoms with Crippen molar-refractivity contribution in [2.75, 3.05) is 19.8 Å². The lowest BCUT2D eigenvalue weighted by Gasteiger charge is -2.26. The van der Waals surface area contributed by atoms with E-state index in [1.807, 2.05) is 110 Å². The second-order valence-electron chi connectivity index (χ2n) is 12.1. The SMILES string of the molecule is CCOC(=O)C1=C(c2ccccc2)N=c2s/c(=C\c3cn(Cc4ccc(C(=O)OCC)cc4)c4ccccc34)c(=O)n2[C@@H]1c1ccc(OCC)cc1. The summed E-state index contributed by atoms with van der Waals surface area (Å²) < 4.78 is 20.7. The second kappa shape index (κ2) is 15.1. The Morgan fingerprint density at radius 2 is 1.50 bits per heavy atom. The summed E-state index contributed by atoms with van der Waals surface area (Å²) in [6, 6.07) is 31.6. The van der Waals surface area contributed by atoms with Crippen LogP contribution in [0.2, 0.25) is 0 Å². The Balaban J connectivity index is 1.37. The van der Waals surface area contributed by atoms with E-state index in [1.54, 1.807) is 30.5 Å². The number of thiazole rings is 1. The molecule has 262 valence electrons. The fraction of sp³-hybridized carbons (Fsp3) is 0.190. The Kier molecular flexibility index (Phi) is 9.99. The van der Waals surface area contributed by atoms with Gasteiger partial charge in [0.05, 0.1) is 47.2 Å². The molecule has 7 rings (SSSR count).